The maximum Gasteiger partial charge on any atom is 0.234 e. The lowest BCUT2D eigenvalue weighted by Crippen LogP contribution is -2.36. The van der Waals surface area contributed by atoms with Gasteiger partial charge in [-0.15, -0.1) is 12.4 Å². The van der Waals surface area contributed by atoms with Crippen molar-refractivity contribution in [2.75, 3.05) is 13.6 Å². The molecule has 1 aromatic rings. The van der Waals surface area contributed by atoms with Gasteiger partial charge in [-0.2, -0.15) is 0 Å². The third-order valence-electron chi connectivity index (χ3n) is 2.69. The zero-order valence-electron chi connectivity index (χ0n) is 12.2. The first-order valence-corrected chi connectivity index (χ1v) is 6.41. The number of likely N-dealkylation sites (N-methyl/N-ethyl adjacent to an activating group) is 1. The summed E-state index contributed by atoms with van der Waals surface area (Å²) in [6.45, 7) is 6.92. The summed E-state index contributed by atoms with van der Waals surface area (Å²) in [5.74, 6) is 0.0376. The monoisotopic (exact) mass is 284 g/mol. The molecule has 0 saturated carbocycles. The molecule has 1 atom stereocenters. The molecule has 1 amide bonds. The first-order chi connectivity index (χ1) is 8.42. The van der Waals surface area contributed by atoms with E-state index in [2.05, 4.69) is 43.5 Å². The van der Waals surface area contributed by atoms with Crippen LogP contribution in [0, 0.1) is 5.41 Å². The average Bonchev–Trinajstić information content (AvgIpc) is 2.28. The number of benzene rings is 1. The van der Waals surface area contributed by atoms with Gasteiger partial charge in [-0.05, 0) is 24.4 Å². The van der Waals surface area contributed by atoms with Crippen LogP contribution in [0.2, 0.25) is 0 Å². The van der Waals surface area contributed by atoms with E-state index < -0.39 is 0 Å². The number of carbonyl (C=O) groups excluding carboxylic acids is 1. The van der Waals surface area contributed by atoms with Gasteiger partial charge in [0.1, 0.15) is 0 Å². The molecule has 0 saturated heterocycles. The molecule has 0 aliphatic rings. The van der Waals surface area contributed by atoms with E-state index in [-0.39, 0.29) is 29.8 Å². The third-order valence-corrected chi connectivity index (χ3v) is 2.69. The molecular formula is C15H25ClN2O. The molecule has 19 heavy (non-hydrogen) atoms. The van der Waals surface area contributed by atoms with Gasteiger partial charge < -0.3 is 10.6 Å². The average molecular weight is 285 g/mol. The zero-order valence-corrected chi connectivity index (χ0v) is 13.0. The number of nitrogens with one attached hydrogen (secondary N) is 2. The van der Waals surface area contributed by atoms with Crippen LogP contribution < -0.4 is 10.6 Å². The maximum absolute atomic E-state index is 11.7. The van der Waals surface area contributed by atoms with Crippen molar-refractivity contribution in [1.82, 2.24) is 10.6 Å². The van der Waals surface area contributed by atoms with Gasteiger partial charge in [-0.3, -0.25) is 4.79 Å². The lowest BCUT2D eigenvalue weighted by atomic mass is 9.85. The minimum Gasteiger partial charge on any atom is -0.348 e. The fourth-order valence-corrected chi connectivity index (χ4v) is 1.96. The van der Waals surface area contributed by atoms with Gasteiger partial charge in [-0.25, -0.2) is 0 Å². The normalized spacial score (nSPS) is 12.4. The third kappa shape index (κ3) is 7.19. The Balaban J connectivity index is 0.00000324. The molecule has 0 fully saturated rings. The van der Waals surface area contributed by atoms with Crippen LogP contribution in [0.1, 0.15) is 38.8 Å². The fourth-order valence-electron chi connectivity index (χ4n) is 1.96. The Labute approximate surface area is 122 Å². The van der Waals surface area contributed by atoms with Crippen LogP contribution in [0.25, 0.3) is 0 Å². The Morgan fingerprint density at radius 2 is 1.79 bits per heavy atom. The highest BCUT2D eigenvalue weighted by Crippen LogP contribution is 2.29. The molecule has 108 valence electrons. The Morgan fingerprint density at radius 3 is 2.26 bits per heavy atom. The van der Waals surface area contributed by atoms with Crippen molar-refractivity contribution >= 4 is 18.3 Å². The second-order valence-electron chi connectivity index (χ2n) is 5.83. The van der Waals surface area contributed by atoms with Crippen LogP contribution in [0.3, 0.4) is 0 Å². The predicted molar refractivity (Wildman–Crippen MR) is 82.6 cm³/mol. The summed E-state index contributed by atoms with van der Waals surface area (Å²) in [6, 6.07) is 10.2. The molecule has 1 unspecified atom stereocenters. The summed E-state index contributed by atoms with van der Waals surface area (Å²) in [4.78, 5) is 11.7. The highest BCUT2D eigenvalue weighted by Gasteiger charge is 2.21. The Kier molecular flexibility index (Phi) is 7.72. The van der Waals surface area contributed by atoms with E-state index in [0.717, 1.165) is 12.0 Å². The van der Waals surface area contributed by atoms with E-state index in [9.17, 15) is 4.79 Å². The Hall–Kier alpha value is -1.06. The van der Waals surface area contributed by atoms with Gasteiger partial charge >= 0.3 is 0 Å². The highest BCUT2D eigenvalue weighted by molar-refractivity contribution is 5.85. The van der Waals surface area contributed by atoms with E-state index in [4.69, 9.17) is 0 Å². The topological polar surface area (TPSA) is 41.1 Å². The van der Waals surface area contributed by atoms with Crippen molar-refractivity contribution in [2.24, 2.45) is 5.41 Å². The predicted octanol–water partition coefficient (Wildman–Crippen LogP) is 2.92. The summed E-state index contributed by atoms with van der Waals surface area (Å²) in [6.07, 6.45) is 0.923. The fraction of sp³-hybridized carbons (Fsp3) is 0.533. The number of amides is 1. The Bertz CT molecular complexity index is 373. The van der Waals surface area contributed by atoms with Crippen LogP contribution in [0.15, 0.2) is 30.3 Å². The first kappa shape index (κ1) is 17.9. The second-order valence-corrected chi connectivity index (χ2v) is 5.83. The van der Waals surface area contributed by atoms with E-state index in [0.29, 0.717) is 6.54 Å². The number of hydrogen-bond acceptors (Lipinski definition) is 2. The van der Waals surface area contributed by atoms with Crippen molar-refractivity contribution in [1.29, 1.82) is 0 Å². The SMILES string of the molecule is CNCC(=O)NC(CC(C)(C)C)c1ccccc1.Cl. The smallest absolute Gasteiger partial charge is 0.234 e. The van der Waals surface area contributed by atoms with E-state index >= 15 is 0 Å². The lowest BCUT2D eigenvalue weighted by molar-refractivity contribution is -0.121. The maximum atomic E-state index is 11.7. The van der Waals surface area contributed by atoms with Crippen LogP contribution in [-0.4, -0.2) is 19.5 Å². The molecular weight excluding hydrogens is 260 g/mol. The van der Waals surface area contributed by atoms with Gasteiger partial charge in [0.25, 0.3) is 0 Å². The molecule has 0 aliphatic carbocycles. The quantitative estimate of drug-likeness (QED) is 0.873. The van der Waals surface area contributed by atoms with Crippen molar-refractivity contribution in [2.45, 2.75) is 33.2 Å². The first-order valence-electron chi connectivity index (χ1n) is 6.41. The molecule has 0 spiro atoms. The summed E-state index contributed by atoms with van der Waals surface area (Å²) in [5.41, 5.74) is 1.34. The standard InChI is InChI=1S/C15H24N2O.ClH/c1-15(2,3)10-13(17-14(18)11-16-4)12-8-6-5-7-9-12;/h5-9,13,16H,10-11H2,1-4H3,(H,17,18);1H. The van der Waals surface area contributed by atoms with Crippen LogP contribution in [-0.2, 0) is 4.79 Å². The number of hydrogen-bond donors (Lipinski definition) is 2. The minimum absolute atomic E-state index is 0. The molecule has 2 N–H and O–H groups in total. The zero-order chi connectivity index (χ0) is 13.6. The van der Waals surface area contributed by atoms with E-state index in [1.165, 1.54) is 0 Å². The van der Waals surface area contributed by atoms with Crippen LogP contribution in [0.5, 0.6) is 0 Å². The molecule has 4 heteroatoms. The van der Waals surface area contributed by atoms with Crippen molar-refractivity contribution in [3.63, 3.8) is 0 Å². The molecule has 1 rings (SSSR count). The number of halogens is 1. The largest absolute Gasteiger partial charge is 0.348 e. The van der Waals surface area contributed by atoms with Gasteiger partial charge in [0.05, 0.1) is 12.6 Å². The summed E-state index contributed by atoms with van der Waals surface area (Å²) in [5, 5.41) is 5.96. The summed E-state index contributed by atoms with van der Waals surface area (Å²) < 4.78 is 0. The van der Waals surface area contributed by atoms with Gasteiger partial charge in [0, 0.05) is 0 Å². The molecule has 0 radical (unpaired) electrons. The molecule has 0 aromatic heterocycles. The van der Waals surface area contributed by atoms with E-state index in [1.54, 1.807) is 7.05 Å². The van der Waals surface area contributed by atoms with E-state index in [1.807, 2.05) is 18.2 Å². The van der Waals surface area contributed by atoms with Crippen molar-refractivity contribution in [3.8, 4) is 0 Å². The number of carbonyl (C=O) groups is 1. The second kappa shape index (κ2) is 8.18. The van der Waals surface area contributed by atoms with Crippen molar-refractivity contribution in [3.05, 3.63) is 35.9 Å². The summed E-state index contributed by atoms with van der Waals surface area (Å²) in [7, 11) is 1.78. The molecule has 1 aromatic carbocycles. The molecule has 0 bridgehead atoms. The van der Waals surface area contributed by atoms with Crippen LogP contribution >= 0.6 is 12.4 Å². The molecule has 3 nitrogen and oxygen atoms in total. The number of rotatable bonds is 5. The van der Waals surface area contributed by atoms with Gasteiger partial charge in [0.15, 0.2) is 0 Å². The van der Waals surface area contributed by atoms with Gasteiger partial charge in [-0.1, -0.05) is 51.1 Å². The Morgan fingerprint density at radius 1 is 1.21 bits per heavy atom. The lowest BCUT2D eigenvalue weighted by Gasteiger charge is -2.27. The highest BCUT2D eigenvalue weighted by atomic mass is 35.5. The van der Waals surface area contributed by atoms with Crippen molar-refractivity contribution < 1.29 is 4.79 Å². The minimum atomic E-state index is 0. The molecule has 0 heterocycles. The molecule has 0 aliphatic heterocycles. The van der Waals surface area contributed by atoms with Crippen LogP contribution in [0.4, 0.5) is 0 Å². The van der Waals surface area contributed by atoms with Gasteiger partial charge in [0.2, 0.25) is 5.91 Å². The summed E-state index contributed by atoms with van der Waals surface area (Å²) >= 11 is 0.